The van der Waals surface area contributed by atoms with Gasteiger partial charge in [-0.25, -0.2) is 0 Å². The summed E-state index contributed by atoms with van der Waals surface area (Å²) in [6.07, 6.45) is 2.02. The third-order valence-electron chi connectivity index (χ3n) is 2.76. The van der Waals surface area contributed by atoms with Gasteiger partial charge in [-0.1, -0.05) is 24.6 Å². The maximum absolute atomic E-state index is 10.5. The minimum Gasteiger partial charge on any atom is -0.870 e. The Balaban J connectivity index is 0.00000180. The van der Waals surface area contributed by atoms with Gasteiger partial charge in [0.2, 0.25) is 0 Å². The van der Waals surface area contributed by atoms with E-state index in [0.29, 0.717) is 0 Å². The van der Waals surface area contributed by atoms with Crippen LogP contribution in [0.3, 0.4) is 0 Å². The zero-order valence-electron chi connectivity index (χ0n) is 12.1. The van der Waals surface area contributed by atoms with E-state index in [2.05, 4.69) is 19.1 Å². The van der Waals surface area contributed by atoms with Crippen LogP contribution in [0.5, 0.6) is 5.75 Å². The van der Waals surface area contributed by atoms with Crippen LogP contribution in [0.25, 0.3) is 0 Å². The zero-order valence-corrected chi connectivity index (χ0v) is 16.9. The second-order valence-electron chi connectivity index (χ2n) is 4.56. The van der Waals surface area contributed by atoms with E-state index in [4.69, 9.17) is 4.74 Å². The monoisotopic (exact) mass is 337 g/mol. The molecular formula is C14H18KO3S2-. The minimum absolute atomic E-state index is 0. The van der Waals surface area contributed by atoms with Crippen molar-refractivity contribution in [2.24, 2.45) is 5.92 Å². The predicted octanol–water partition coefficient (Wildman–Crippen LogP) is 0.384. The summed E-state index contributed by atoms with van der Waals surface area (Å²) in [5, 5.41) is 0. The van der Waals surface area contributed by atoms with Crippen LogP contribution in [0, 0.1) is 12.8 Å². The molecule has 2 rings (SSSR count). The first kappa shape index (κ1) is 21.0. The molecule has 1 atom stereocenters. The average molecular weight is 338 g/mol. The molecule has 0 aliphatic carbocycles. The first-order chi connectivity index (χ1) is 8.70. The van der Waals surface area contributed by atoms with Crippen LogP contribution in [-0.2, 0) is 16.3 Å². The van der Waals surface area contributed by atoms with Gasteiger partial charge in [0.05, 0.1) is 0 Å². The molecule has 106 valence electrons. The van der Waals surface area contributed by atoms with Gasteiger partial charge in [-0.3, -0.25) is 6.29 Å². The van der Waals surface area contributed by atoms with Crippen molar-refractivity contribution >= 4 is 29.8 Å². The Morgan fingerprint density at radius 2 is 2.25 bits per heavy atom. The molecule has 0 saturated carbocycles. The SMILES string of the molecule is Cc1cc2c(c(CSCC(C)[C-]=O)c1)OCSC2.[K+].[OH-]. The van der Waals surface area contributed by atoms with E-state index in [1.54, 1.807) is 11.8 Å². The Morgan fingerprint density at radius 3 is 2.95 bits per heavy atom. The van der Waals surface area contributed by atoms with Crippen molar-refractivity contribution < 1.29 is 66.4 Å². The van der Waals surface area contributed by atoms with Gasteiger partial charge in [-0.05, 0) is 12.7 Å². The number of benzene rings is 1. The fraction of sp³-hybridized carbons (Fsp3) is 0.500. The molecule has 1 aromatic rings. The molecule has 0 amide bonds. The van der Waals surface area contributed by atoms with Crippen LogP contribution in [0.4, 0.5) is 0 Å². The second kappa shape index (κ2) is 10.7. The van der Waals surface area contributed by atoms with Gasteiger partial charge in [0.25, 0.3) is 0 Å². The van der Waals surface area contributed by atoms with Gasteiger partial charge in [-0.2, -0.15) is 11.8 Å². The number of thioether (sulfide) groups is 2. The molecule has 1 aromatic carbocycles. The Labute approximate surface area is 171 Å². The van der Waals surface area contributed by atoms with Gasteiger partial charge >= 0.3 is 51.4 Å². The van der Waals surface area contributed by atoms with Crippen LogP contribution >= 0.6 is 23.5 Å². The van der Waals surface area contributed by atoms with Crippen molar-refractivity contribution in [2.75, 3.05) is 11.7 Å². The number of fused-ring (bicyclic) bond motifs is 1. The largest absolute Gasteiger partial charge is 1.00 e. The van der Waals surface area contributed by atoms with Gasteiger partial charge in [0.15, 0.2) is 0 Å². The first-order valence-electron chi connectivity index (χ1n) is 5.99. The van der Waals surface area contributed by atoms with Gasteiger partial charge in [0.1, 0.15) is 11.7 Å². The summed E-state index contributed by atoms with van der Waals surface area (Å²) in [7, 11) is 0. The van der Waals surface area contributed by atoms with Crippen LogP contribution in [-0.4, -0.2) is 23.5 Å². The topological polar surface area (TPSA) is 56.3 Å². The number of ether oxygens (including phenoxy) is 1. The zero-order chi connectivity index (χ0) is 13.0. The number of rotatable bonds is 5. The smallest absolute Gasteiger partial charge is 0.870 e. The van der Waals surface area contributed by atoms with E-state index < -0.39 is 0 Å². The van der Waals surface area contributed by atoms with Crippen molar-refractivity contribution in [3.05, 3.63) is 28.8 Å². The predicted molar refractivity (Wildman–Crippen MR) is 80.9 cm³/mol. The normalized spacial score (nSPS) is 14.1. The average Bonchev–Trinajstić information content (AvgIpc) is 2.38. The Bertz CT molecular complexity index is 441. The number of aryl methyl sites for hydroxylation is 1. The summed E-state index contributed by atoms with van der Waals surface area (Å²) in [4.78, 5) is 10.5. The van der Waals surface area contributed by atoms with Crippen molar-refractivity contribution in [3.8, 4) is 5.75 Å². The maximum Gasteiger partial charge on any atom is 1.00 e. The van der Waals surface area contributed by atoms with Crippen molar-refractivity contribution in [1.82, 2.24) is 0 Å². The second-order valence-corrected chi connectivity index (χ2v) is 6.52. The molecule has 1 heterocycles. The Hall–Kier alpha value is 0.986. The third kappa shape index (κ3) is 6.00. The first-order valence-corrected chi connectivity index (χ1v) is 8.30. The number of carbonyl (C=O) groups excluding carboxylic acids is 1. The summed E-state index contributed by atoms with van der Waals surface area (Å²) in [5.74, 6) is 4.57. The molecule has 0 spiro atoms. The molecule has 1 aliphatic rings. The van der Waals surface area contributed by atoms with Crippen LogP contribution in [0.2, 0.25) is 0 Å². The fourth-order valence-electron chi connectivity index (χ4n) is 1.96. The van der Waals surface area contributed by atoms with Crippen LogP contribution < -0.4 is 56.1 Å². The summed E-state index contributed by atoms with van der Waals surface area (Å²) >= 11 is 3.58. The standard InChI is InChI=1S/C14H17O2S2.K.H2O/c1-10-3-12(7-17-6-11(2)5-15)14-13(4-10)8-18-9-16-14;;/h3-4,11H,6-9H2,1-2H3;;1H2/q-1;+1;/p-1. The summed E-state index contributed by atoms with van der Waals surface area (Å²) in [5.41, 5.74) is 3.84. The van der Waals surface area contributed by atoms with Gasteiger partial charge in [-0.15, -0.1) is 17.7 Å². The molecule has 3 nitrogen and oxygen atoms in total. The van der Waals surface area contributed by atoms with E-state index >= 15 is 0 Å². The quantitative estimate of drug-likeness (QED) is 0.574. The van der Waals surface area contributed by atoms with Crippen molar-refractivity contribution in [1.29, 1.82) is 0 Å². The molecule has 0 fully saturated rings. The molecule has 1 unspecified atom stereocenters. The summed E-state index contributed by atoms with van der Waals surface area (Å²) in [6, 6.07) is 4.40. The maximum atomic E-state index is 10.5. The molecule has 0 saturated heterocycles. The van der Waals surface area contributed by atoms with Gasteiger partial charge < -0.3 is 15.0 Å². The Morgan fingerprint density at radius 1 is 1.50 bits per heavy atom. The molecule has 0 aromatic heterocycles. The van der Waals surface area contributed by atoms with Crippen molar-refractivity contribution in [3.63, 3.8) is 0 Å². The van der Waals surface area contributed by atoms with E-state index in [-0.39, 0.29) is 62.8 Å². The molecule has 20 heavy (non-hydrogen) atoms. The van der Waals surface area contributed by atoms with E-state index in [1.165, 1.54) is 16.7 Å². The fourth-order valence-corrected chi connectivity index (χ4v) is 3.65. The molecular weight excluding hydrogens is 319 g/mol. The van der Waals surface area contributed by atoms with Crippen LogP contribution in [0.15, 0.2) is 12.1 Å². The molecule has 1 aliphatic heterocycles. The molecule has 6 heteroatoms. The molecule has 1 N–H and O–H groups in total. The Kier molecular flexibility index (Phi) is 11.2. The van der Waals surface area contributed by atoms with Gasteiger partial charge in [0, 0.05) is 22.6 Å². The van der Waals surface area contributed by atoms with Crippen LogP contribution in [0.1, 0.15) is 23.6 Å². The van der Waals surface area contributed by atoms with E-state index in [9.17, 15) is 4.79 Å². The van der Waals surface area contributed by atoms with E-state index in [1.807, 2.05) is 25.0 Å². The molecule has 0 bridgehead atoms. The number of hydrogen-bond donors (Lipinski definition) is 0. The summed E-state index contributed by atoms with van der Waals surface area (Å²) in [6.45, 7) is 4.02. The van der Waals surface area contributed by atoms with E-state index in [0.717, 1.165) is 28.9 Å². The third-order valence-corrected chi connectivity index (χ3v) is 4.81. The number of hydrogen-bond acceptors (Lipinski definition) is 5. The summed E-state index contributed by atoms with van der Waals surface area (Å²) < 4.78 is 5.77. The minimum atomic E-state index is 0. The molecule has 0 radical (unpaired) electrons. The van der Waals surface area contributed by atoms with Crippen molar-refractivity contribution in [2.45, 2.75) is 25.4 Å².